The monoisotopic (exact) mass is 260 g/mol. The van der Waals surface area contributed by atoms with Gasteiger partial charge in [0.15, 0.2) is 0 Å². The third-order valence-corrected chi connectivity index (χ3v) is 4.39. The molecule has 2 atom stereocenters. The molecular formula is C13H25ClN2O. The molecule has 0 N–H and O–H groups in total. The lowest BCUT2D eigenvalue weighted by Gasteiger charge is -2.37. The fourth-order valence-corrected chi connectivity index (χ4v) is 3.07. The molecular weight excluding hydrogens is 236 g/mol. The van der Waals surface area contributed by atoms with Gasteiger partial charge < -0.3 is 9.64 Å². The summed E-state index contributed by atoms with van der Waals surface area (Å²) in [5.41, 5.74) is 0. The number of nitrogens with zero attached hydrogens (tertiary/aromatic N) is 2. The van der Waals surface area contributed by atoms with Crippen molar-refractivity contribution in [1.29, 1.82) is 0 Å². The molecule has 0 aromatic heterocycles. The van der Waals surface area contributed by atoms with E-state index in [4.69, 9.17) is 16.3 Å². The molecule has 2 aliphatic rings. The first-order valence-corrected chi connectivity index (χ1v) is 7.36. The number of likely N-dealkylation sites (tertiary alicyclic amines) is 1. The van der Waals surface area contributed by atoms with E-state index >= 15 is 0 Å². The number of rotatable bonds is 4. The Balaban J connectivity index is 1.75. The van der Waals surface area contributed by atoms with E-state index < -0.39 is 0 Å². The molecule has 2 rings (SSSR count). The Morgan fingerprint density at radius 3 is 2.76 bits per heavy atom. The predicted molar refractivity (Wildman–Crippen MR) is 71.7 cm³/mol. The summed E-state index contributed by atoms with van der Waals surface area (Å²) in [6.07, 6.45) is 1.64. The number of alkyl halides is 1. The summed E-state index contributed by atoms with van der Waals surface area (Å²) >= 11 is 5.91. The van der Waals surface area contributed by atoms with Gasteiger partial charge in [0, 0.05) is 38.1 Å². The quantitative estimate of drug-likeness (QED) is 0.715. The fourth-order valence-electron chi connectivity index (χ4n) is 2.81. The number of morpholine rings is 1. The van der Waals surface area contributed by atoms with Crippen LogP contribution in [0.15, 0.2) is 0 Å². The van der Waals surface area contributed by atoms with Crippen LogP contribution in [0.3, 0.4) is 0 Å². The van der Waals surface area contributed by atoms with Crippen molar-refractivity contribution in [3.05, 3.63) is 0 Å². The molecule has 2 saturated heterocycles. The molecule has 4 heteroatoms. The summed E-state index contributed by atoms with van der Waals surface area (Å²) < 4.78 is 5.87. The van der Waals surface area contributed by atoms with Crippen LogP contribution in [0.2, 0.25) is 0 Å². The van der Waals surface area contributed by atoms with Crippen LogP contribution in [-0.2, 0) is 4.74 Å². The van der Waals surface area contributed by atoms with Crippen LogP contribution in [0.4, 0.5) is 0 Å². The number of hydrogen-bond acceptors (Lipinski definition) is 3. The molecule has 2 aliphatic heterocycles. The number of halogens is 1. The lowest BCUT2D eigenvalue weighted by molar-refractivity contribution is -0.0500. The molecule has 2 heterocycles. The Hall–Kier alpha value is 0.170. The minimum absolute atomic E-state index is 0.389. The third-order valence-electron chi connectivity index (χ3n) is 3.95. The first-order chi connectivity index (χ1) is 8.19. The Bertz CT molecular complexity index is 237. The van der Waals surface area contributed by atoms with Crippen molar-refractivity contribution in [2.24, 2.45) is 5.92 Å². The van der Waals surface area contributed by atoms with Crippen LogP contribution >= 0.6 is 11.6 Å². The highest BCUT2D eigenvalue weighted by Crippen LogP contribution is 2.19. The Labute approximate surface area is 110 Å². The SMILES string of the molecule is CC(C)N1CCOC(CN2CCC(CCl)C2)C1. The highest BCUT2D eigenvalue weighted by atomic mass is 35.5. The van der Waals surface area contributed by atoms with Gasteiger partial charge in [0.25, 0.3) is 0 Å². The maximum absolute atomic E-state index is 5.91. The largest absolute Gasteiger partial charge is 0.374 e. The average molecular weight is 261 g/mol. The van der Waals surface area contributed by atoms with Gasteiger partial charge in [-0.1, -0.05) is 0 Å². The van der Waals surface area contributed by atoms with Crippen molar-refractivity contribution in [2.45, 2.75) is 32.4 Å². The summed E-state index contributed by atoms with van der Waals surface area (Å²) in [5.74, 6) is 1.50. The highest BCUT2D eigenvalue weighted by molar-refractivity contribution is 6.18. The van der Waals surface area contributed by atoms with Crippen LogP contribution in [0.1, 0.15) is 20.3 Å². The van der Waals surface area contributed by atoms with E-state index in [-0.39, 0.29) is 0 Å². The van der Waals surface area contributed by atoms with Gasteiger partial charge in [-0.05, 0) is 32.7 Å². The molecule has 0 radical (unpaired) electrons. The molecule has 0 bridgehead atoms. The highest BCUT2D eigenvalue weighted by Gasteiger charge is 2.27. The van der Waals surface area contributed by atoms with E-state index in [1.54, 1.807) is 0 Å². The minimum Gasteiger partial charge on any atom is -0.374 e. The normalized spacial score (nSPS) is 32.5. The van der Waals surface area contributed by atoms with Gasteiger partial charge in [-0.2, -0.15) is 0 Å². The standard InChI is InChI=1S/C13H25ClN2O/c1-11(2)16-5-6-17-13(10-16)9-15-4-3-12(7-14)8-15/h11-13H,3-10H2,1-2H3. The van der Waals surface area contributed by atoms with Crippen molar-refractivity contribution >= 4 is 11.6 Å². The zero-order valence-electron chi connectivity index (χ0n) is 11.1. The zero-order chi connectivity index (χ0) is 12.3. The van der Waals surface area contributed by atoms with E-state index in [9.17, 15) is 0 Å². The summed E-state index contributed by atoms with van der Waals surface area (Å²) in [6, 6.07) is 0.635. The molecule has 0 amide bonds. The molecule has 17 heavy (non-hydrogen) atoms. The topological polar surface area (TPSA) is 15.7 Å². The molecule has 0 aromatic carbocycles. The van der Waals surface area contributed by atoms with Crippen molar-refractivity contribution < 1.29 is 4.74 Å². The fraction of sp³-hybridized carbons (Fsp3) is 1.00. The first-order valence-electron chi connectivity index (χ1n) is 6.83. The first kappa shape index (κ1) is 13.6. The van der Waals surface area contributed by atoms with E-state index in [1.807, 2.05) is 0 Å². The lowest BCUT2D eigenvalue weighted by atomic mass is 10.2. The van der Waals surface area contributed by atoms with E-state index in [2.05, 4.69) is 23.6 Å². The lowest BCUT2D eigenvalue weighted by Crippen LogP contribution is -2.49. The van der Waals surface area contributed by atoms with E-state index in [0.717, 1.165) is 38.7 Å². The molecule has 0 saturated carbocycles. The van der Waals surface area contributed by atoms with Crippen molar-refractivity contribution in [1.82, 2.24) is 9.80 Å². The van der Waals surface area contributed by atoms with Crippen LogP contribution < -0.4 is 0 Å². The maximum atomic E-state index is 5.91. The van der Waals surface area contributed by atoms with Crippen LogP contribution in [0, 0.1) is 5.92 Å². The van der Waals surface area contributed by atoms with Crippen LogP contribution in [-0.4, -0.2) is 67.2 Å². The Kier molecular flexibility index (Phi) is 5.10. The van der Waals surface area contributed by atoms with Crippen molar-refractivity contribution in [3.8, 4) is 0 Å². The van der Waals surface area contributed by atoms with Crippen molar-refractivity contribution in [2.75, 3.05) is 45.2 Å². The maximum Gasteiger partial charge on any atom is 0.0829 e. The summed E-state index contributed by atoms with van der Waals surface area (Å²) in [7, 11) is 0. The summed E-state index contributed by atoms with van der Waals surface area (Å²) in [4.78, 5) is 5.03. The van der Waals surface area contributed by atoms with Gasteiger partial charge in [0.05, 0.1) is 12.7 Å². The van der Waals surface area contributed by atoms with E-state index in [0.29, 0.717) is 18.1 Å². The van der Waals surface area contributed by atoms with Crippen LogP contribution in [0.25, 0.3) is 0 Å². The number of hydrogen-bond donors (Lipinski definition) is 0. The van der Waals surface area contributed by atoms with Crippen LogP contribution in [0.5, 0.6) is 0 Å². The van der Waals surface area contributed by atoms with E-state index in [1.165, 1.54) is 13.0 Å². The molecule has 100 valence electrons. The second-order valence-corrected chi connectivity index (χ2v) is 5.96. The minimum atomic E-state index is 0.389. The third kappa shape index (κ3) is 3.82. The Morgan fingerprint density at radius 2 is 2.12 bits per heavy atom. The van der Waals surface area contributed by atoms with Gasteiger partial charge in [0.1, 0.15) is 0 Å². The second kappa shape index (κ2) is 6.37. The van der Waals surface area contributed by atoms with Gasteiger partial charge in [-0.25, -0.2) is 0 Å². The van der Waals surface area contributed by atoms with Gasteiger partial charge in [0.2, 0.25) is 0 Å². The van der Waals surface area contributed by atoms with Gasteiger partial charge in [-0.15, -0.1) is 11.6 Å². The summed E-state index contributed by atoms with van der Waals surface area (Å²) in [5, 5.41) is 0. The molecule has 0 aromatic rings. The predicted octanol–water partition coefficient (Wildman–Crippen LogP) is 1.66. The van der Waals surface area contributed by atoms with Gasteiger partial charge in [-0.3, -0.25) is 4.90 Å². The molecule has 2 unspecified atom stereocenters. The second-order valence-electron chi connectivity index (χ2n) is 5.65. The average Bonchev–Trinajstić information content (AvgIpc) is 2.77. The smallest absolute Gasteiger partial charge is 0.0829 e. The molecule has 0 spiro atoms. The molecule has 0 aliphatic carbocycles. The number of ether oxygens (including phenoxy) is 1. The summed E-state index contributed by atoms with van der Waals surface area (Å²) in [6.45, 7) is 11.0. The molecule has 2 fully saturated rings. The van der Waals surface area contributed by atoms with Crippen molar-refractivity contribution in [3.63, 3.8) is 0 Å². The molecule has 3 nitrogen and oxygen atoms in total. The zero-order valence-corrected chi connectivity index (χ0v) is 11.8. The van der Waals surface area contributed by atoms with Gasteiger partial charge >= 0.3 is 0 Å². The Morgan fingerprint density at radius 1 is 1.29 bits per heavy atom.